The van der Waals surface area contributed by atoms with Crippen LogP contribution >= 0.6 is 0 Å². The second kappa shape index (κ2) is 3.77. The number of aryl methyl sites for hydroxylation is 1. The Balaban J connectivity index is 2.50. The summed E-state index contributed by atoms with van der Waals surface area (Å²) in [5, 5.41) is 6.09. The molecule has 0 bridgehead atoms. The minimum Gasteiger partial charge on any atom is -0.364 e. The van der Waals surface area contributed by atoms with Gasteiger partial charge in [-0.2, -0.15) is 0 Å². The van der Waals surface area contributed by atoms with Crippen molar-refractivity contribution in [1.82, 2.24) is 10.5 Å². The summed E-state index contributed by atoms with van der Waals surface area (Å²) in [5.74, 6) is -0.641. The molecule has 0 radical (unpaired) electrons. The van der Waals surface area contributed by atoms with Crippen LogP contribution in [0, 0.1) is 6.92 Å². The molecular formula is C9H13FN2O2. The summed E-state index contributed by atoms with van der Waals surface area (Å²) < 4.78 is 17.7. The van der Waals surface area contributed by atoms with Gasteiger partial charge in [-0.05, 0) is 20.8 Å². The Morgan fingerprint density at radius 2 is 2.36 bits per heavy atom. The Labute approximate surface area is 81.5 Å². The van der Waals surface area contributed by atoms with Gasteiger partial charge < -0.3 is 9.84 Å². The van der Waals surface area contributed by atoms with Gasteiger partial charge >= 0.3 is 0 Å². The highest BCUT2D eigenvalue weighted by molar-refractivity contribution is 5.83. The van der Waals surface area contributed by atoms with Gasteiger partial charge in [-0.3, -0.25) is 4.79 Å². The van der Waals surface area contributed by atoms with Gasteiger partial charge in [-0.1, -0.05) is 5.16 Å². The largest absolute Gasteiger partial charge is 0.364 e. The van der Waals surface area contributed by atoms with Crippen LogP contribution < -0.4 is 5.32 Å². The third kappa shape index (κ3) is 2.55. The molecule has 0 fully saturated rings. The molecule has 0 saturated carbocycles. The van der Waals surface area contributed by atoms with E-state index in [-0.39, 0.29) is 6.54 Å². The summed E-state index contributed by atoms with van der Waals surface area (Å²) in [6.45, 7) is 4.42. The summed E-state index contributed by atoms with van der Waals surface area (Å²) >= 11 is 0. The molecule has 0 aliphatic rings. The molecule has 14 heavy (non-hydrogen) atoms. The third-order valence-corrected chi connectivity index (χ3v) is 1.83. The fourth-order valence-electron chi connectivity index (χ4n) is 0.868. The van der Waals surface area contributed by atoms with Crippen LogP contribution in [0.1, 0.15) is 25.1 Å². The van der Waals surface area contributed by atoms with E-state index in [2.05, 4.69) is 15.0 Å². The van der Waals surface area contributed by atoms with Gasteiger partial charge in [-0.15, -0.1) is 0 Å². The number of carbonyl (C=O) groups is 1. The zero-order chi connectivity index (χ0) is 10.8. The van der Waals surface area contributed by atoms with Gasteiger partial charge in [0.05, 0.1) is 5.69 Å². The molecule has 5 heteroatoms. The van der Waals surface area contributed by atoms with Crippen LogP contribution in [-0.4, -0.2) is 16.7 Å². The van der Waals surface area contributed by atoms with Gasteiger partial charge in [-0.25, -0.2) is 4.39 Å². The average Bonchev–Trinajstić information content (AvgIpc) is 2.45. The van der Waals surface area contributed by atoms with Crippen LogP contribution in [0.25, 0.3) is 0 Å². The fourth-order valence-corrected chi connectivity index (χ4v) is 0.868. The lowest BCUT2D eigenvalue weighted by molar-refractivity contribution is -0.130. The summed E-state index contributed by atoms with van der Waals surface area (Å²) in [5.41, 5.74) is -0.407. The number of nitrogens with one attached hydrogen (secondary N) is 1. The molecule has 1 heterocycles. The summed E-state index contributed by atoms with van der Waals surface area (Å²) in [7, 11) is 0. The maximum absolute atomic E-state index is 13.1. The molecule has 1 rings (SSSR count). The normalized spacial score (nSPS) is 11.4. The molecule has 0 aliphatic carbocycles. The third-order valence-electron chi connectivity index (χ3n) is 1.83. The van der Waals surface area contributed by atoms with Crippen molar-refractivity contribution in [2.24, 2.45) is 0 Å². The Morgan fingerprint density at radius 3 is 2.79 bits per heavy atom. The number of halogens is 1. The molecular weight excluding hydrogens is 187 g/mol. The molecule has 0 atom stereocenters. The highest BCUT2D eigenvalue weighted by Gasteiger charge is 2.26. The molecule has 0 aliphatic heterocycles. The van der Waals surface area contributed by atoms with Crippen molar-refractivity contribution in [3.8, 4) is 0 Å². The van der Waals surface area contributed by atoms with E-state index in [1.54, 1.807) is 6.92 Å². The van der Waals surface area contributed by atoms with Crippen LogP contribution in [0.2, 0.25) is 0 Å². The molecule has 0 saturated heterocycles. The van der Waals surface area contributed by atoms with Crippen molar-refractivity contribution < 1.29 is 13.7 Å². The summed E-state index contributed by atoms with van der Waals surface area (Å²) in [4.78, 5) is 11.1. The standard InChI is InChI=1S/C9H13FN2O2/c1-6-7(5-14-12-6)4-11-8(13)9(2,3)10/h5H,4H2,1-3H3,(H,11,13). The summed E-state index contributed by atoms with van der Waals surface area (Å²) in [6, 6.07) is 0. The predicted molar refractivity (Wildman–Crippen MR) is 48.3 cm³/mol. The van der Waals surface area contributed by atoms with E-state index in [0.29, 0.717) is 5.69 Å². The predicted octanol–water partition coefficient (Wildman–Crippen LogP) is 1.35. The average molecular weight is 200 g/mol. The molecule has 78 valence electrons. The minimum absolute atomic E-state index is 0.238. The number of rotatable bonds is 3. The van der Waals surface area contributed by atoms with Crippen molar-refractivity contribution in [2.45, 2.75) is 33.0 Å². The van der Waals surface area contributed by atoms with E-state index < -0.39 is 11.6 Å². The first kappa shape index (κ1) is 10.7. The van der Waals surface area contributed by atoms with Gasteiger partial charge in [0.15, 0.2) is 5.67 Å². The summed E-state index contributed by atoms with van der Waals surface area (Å²) in [6.07, 6.45) is 1.43. The van der Waals surface area contributed by atoms with E-state index >= 15 is 0 Å². The van der Waals surface area contributed by atoms with Crippen molar-refractivity contribution in [2.75, 3.05) is 0 Å². The topological polar surface area (TPSA) is 55.1 Å². The lowest BCUT2D eigenvalue weighted by Crippen LogP contribution is -2.38. The molecule has 4 nitrogen and oxygen atoms in total. The Morgan fingerprint density at radius 1 is 1.71 bits per heavy atom. The maximum Gasteiger partial charge on any atom is 0.257 e. The van der Waals surface area contributed by atoms with E-state index in [4.69, 9.17) is 0 Å². The molecule has 1 amide bonds. The lowest BCUT2D eigenvalue weighted by Gasteiger charge is -2.13. The quantitative estimate of drug-likeness (QED) is 0.801. The SMILES string of the molecule is Cc1nocc1CNC(=O)C(C)(C)F. The van der Waals surface area contributed by atoms with Gasteiger partial charge in [0, 0.05) is 12.1 Å². The van der Waals surface area contributed by atoms with Crippen LogP contribution in [0.15, 0.2) is 10.8 Å². The van der Waals surface area contributed by atoms with Gasteiger partial charge in [0.1, 0.15) is 6.26 Å². The fraction of sp³-hybridized carbons (Fsp3) is 0.556. The molecule has 1 aromatic rings. The molecule has 1 N–H and O–H groups in total. The van der Waals surface area contributed by atoms with Gasteiger partial charge in [0.25, 0.3) is 5.91 Å². The lowest BCUT2D eigenvalue weighted by atomic mass is 10.1. The first-order chi connectivity index (χ1) is 6.41. The number of nitrogens with zero attached hydrogens (tertiary/aromatic N) is 1. The Bertz CT molecular complexity index is 328. The molecule has 0 aromatic carbocycles. The first-order valence-electron chi connectivity index (χ1n) is 4.28. The maximum atomic E-state index is 13.1. The second-order valence-electron chi connectivity index (χ2n) is 3.58. The zero-order valence-electron chi connectivity index (χ0n) is 8.43. The number of carbonyl (C=O) groups excluding carboxylic acids is 1. The monoisotopic (exact) mass is 200 g/mol. The second-order valence-corrected chi connectivity index (χ2v) is 3.58. The van der Waals surface area contributed by atoms with Crippen molar-refractivity contribution in [1.29, 1.82) is 0 Å². The van der Waals surface area contributed by atoms with Crippen molar-refractivity contribution in [3.63, 3.8) is 0 Å². The smallest absolute Gasteiger partial charge is 0.257 e. The highest BCUT2D eigenvalue weighted by atomic mass is 19.1. The van der Waals surface area contributed by atoms with Crippen LogP contribution in [0.3, 0.4) is 0 Å². The van der Waals surface area contributed by atoms with Crippen LogP contribution in [0.5, 0.6) is 0 Å². The first-order valence-corrected chi connectivity index (χ1v) is 4.28. The van der Waals surface area contributed by atoms with Crippen LogP contribution in [0.4, 0.5) is 4.39 Å². The van der Waals surface area contributed by atoms with Gasteiger partial charge in [0.2, 0.25) is 0 Å². The Kier molecular flexibility index (Phi) is 2.88. The molecule has 0 spiro atoms. The van der Waals surface area contributed by atoms with E-state index in [1.807, 2.05) is 0 Å². The number of aromatic nitrogens is 1. The number of hydrogen-bond donors (Lipinski definition) is 1. The van der Waals surface area contributed by atoms with E-state index in [9.17, 15) is 9.18 Å². The Hall–Kier alpha value is -1.39. The van der Waals surface area contributed by atoms with Crippen molar-refractivity contribution in [3.05, 3.63) is 17.5 Å². The van der Waals surface area contributed by atoms with Crippen molar-refractivity contribution >= 4 is 5.91 Å². The van der Waals surface area contributed by atoms with E-state index in [1.165, 1.54) is 20.1 Å². The number of amides is 1. The number of hydrogen-bond acceptors (Lipinski definition) is 3. The highest BCUT2D eigenvalue weighted by Crippen LogP contribution is 2.09. The van der Waals surface area contributed by atoms with E-state index in [0.717, 1.165) is 5.56 Å². The number of alkyl halides is 1. The molecule has 0 unspecified atom stereocenters. The van der Waals surface area contributed by atoms with Crippen LogP contribution in [-0.2, 0) is 11.3 Å². The zero-order valence-corrected chi connectivity index (χ0v) is 8.43. The molecule has 1 aromatic heterocycles. The minimum atomic E-state index is -1.86.